The number of aryl methyl sites for hydroxylation is 1. The molecule has 3 nitrogen and oxygen atoms in total. The molecule has 3 aromatic rings. The largest absolute Gasteiger partial charge is 0.497 e. The number of ether oxygens (including phenoxy) is 1. The summed E-state index contributed by atoms with van der Waals surface area (Å²) in [5, 5.41) is 1.62. The van der Waals surface area contributed by atoms with E-state index >= 15 is 0 Å². The van der Waals surface area contributed by atoms with Crippen LogP contribution in [0.1, 0.15) is 11.3 Å². The molecule has 0 saturated heterocycles. The van der Waals surface area contributed by atoms with Crippen molar-refractivity contribution < 1.29 is 4.74 Å². The van der Waals surface area contributed by atoms with E-state index in [-0.39, 0.29) is 0 Å². The lowest BCUT2D eigenvalue weighted by atomic mass is 10.0. The predicted octanol–water partition coefficient (Wildman–Crippen LogP) is 4.30. The molecule has 0 bridgehead atoms. The van der Waals surface area contributed by atoms with E-state index in [1.54, 1.807) is 19.5 Å². The zero-order chi connectivity index (χ0) is 15.0. The van der Waals surface area contributed by atoms with E-state index in [1.807, 2.05) is 41.9 Å². The zero-order valence-corrected chi connectivity index (χ0v) is 12.7. The Bertz CT molecular complexity index is 780. The Kier molecular flexibility index (Phi) is 3.43. The number of benzene rings is 1. The molecule has 0 spiro atoms. The minimum atomic E-state index is 0.682. The molecular weight excluding hydrogens is 284 g/mol. The highest BCUT2D eigenvalue weighted by molar-refractivity contribution is 6.37. The molecule has 3 rings (SSSR count). The Hall–Kier alpha value is -2.26. The quantitative estimate of drug-likeness (QED) is 0.721. The van der Waals surface area contributed by atoms with Gasteiger partial charge in [-0.15, -0.1) is 0 Å². The molecule has 0 N–H and O–H groups in total. The highest BCUT2D eigenvalue weighted by Crippen LogP contribution is 2.35. The van der Waals surface area contributed by atoms with Gasteiger partial charge in [0.25, 0.3) is 0 Å². The molecule has 2 aromatic heterocycles. The number of fused-ring (bicyclic) bond motifs is 1. The van der Waals surface area contributed by atoms with Gasteiger partial charge in [0.05, 0.1) is 23.3 Å². The van der Waals surface area contributed by atoms with Gasteiger partial charge in [0.2, 0.25) is 0 Å². The summed E-state index contributed by atoms with van der Waals surface area (Å²) < 4.78 is 7.23. The summed E-state index contributed by atoms with van der Waals surface area (Å²) in [7, 11) is 3.63. The SMILES string of the molecule is C=C(c1ccc(OC)cc1)c1c(Cl)c2cnccc2n1C. The lowest BCUT2D eigenvalue weighted by Gasteiger charge is -2.10. The van der Waals surface area contributed by atoms with Crippen LogP contribution in [-0.2, 0) is 7.05 Å². The molecule has 0 aliphatic carbocycles. The fourth-order valence-corrected chi connectivity index (χ4v) is 2.89. The Balaban J connectivity index is 2.13. The van der Waals surface area contributed by atoms with Gasteiger partial charge in [-0.1, -0.05) is 30.3 Å². The summed E-state index contributed by atoms with van der Waals surface area (Å²) in [6.07, 6.45) is 3.54. The number of rotatable bonds is 3. The van der Waals surface area contributed by atoms with Crippen LogP contribution in [0.4, 0.5) is 0 Å². The van der Waals surface area contributed by atoms with Crippen molar-refractivity contribution in [1.29, 1.82) is 0 Å². The van der Waals surface area contributed by atoms with E-state index in [9.17, 15) is 0 Å². The molecule has 0 amide bonds. The fourth-order valence-electron chi connectivity index (χ4n) is 2.51. The van der Waals surface area contributed by atoms with E-state index in [4.69, 9.17) is 16.3 Å². The molecule has 0 radical (unpaired) electrons. The third-order valence-electron chi connectivity index (χ3n) is 3.66. The molecule has 4 heteroatoms. The minimum Gasteiger partial charge on any atom is -0.497 e. The van der Waals surface area contributed by atoms with Crippen LogP contribution >= 0.6 is 11.6 Å². The summed E-state index contributed by atoms with van der Waals surface area (Å²) >= 11 is 6.52. The van der Waals surface area contributed by atoms with Gasteiger partial charge >= 0.3 is 0 Å². The number of aromatic nitrogens is 2. The predicted molar refractivity (Wildman–Crippen MR) is 86.9 cm³/mol. The van der Waals surface area contributed by atoms with Crippen LogP contribution in [-0.4, -0.2) is 16.7 Å². The van der Waals surface area contributed by atoms with Crippen LogP contribution in [0.2, 0.25) is 5.02 Å². The van der Waals surface area contributed by atoms with Crippen molar-refractivity contribution in [3.63, 3.8) is 0 Å². The van der Waals surface area contributed by atoms with E-state index in [2.05, 4.69) is 11.6 Å². The maximum atomic E-state index is 6.52. The molecule has 2 heterocycles. The molecular formula is C17H15ClN2O. The Morgan fingerprint density at radius 1 is 1.24 bits per heavy atom. The topological polar surface area (TPSA) is 27.1 Å². The average Bonchev–Trinajstić information content (AvgIpc) is 2.79. The Morgan fingerprint density at radius 2 is 1.95 bits per heavy atom. The first kappa shape index (κ1) is 13.7. The van der Waals surface area contributed by atoms with E-state index in [1.165, 1.54) is 0 Å². The smallest absolute Gasteiger partial charge is 0.118 e. The second-order valence-corrected chi connectivity index (χ2v) is 5.20. The number of hydrogen-bond donors (Lipinski definition) is 0. The fraction of sp³-hybridized carbons (Fsp3) is 0.118. The highest BCUT2D eigenvalue weighted by Gasteiger charge is 2.16. The minimum absolute atomic E-state index is 0.682. The van der Waals surface area contributed by atoms with Crippen molar-refractivity contribution in [1.82, 2.24) is 9.55 Å². The van der Waals surface area contributed by atoms with Gasteiger partial charge in [-0.2, -0.15) is 0 Å². The standard InChI is InChI=1S/C17H15ClN2O/c1-11(12-4-6-13(21-3)7-5-12)17-16(18)14-10-19-9-8-15(14)20(17)2/h4-10H,1H2,2-3H3. The van der Waals surface area contributed by atoms with Crippen molar-refractivity contribution in [3.8, 4) is 5.75 Å². The van der Waals surface area contributed by atoms with Crippen molar-refractivity contribution in [2.24, 2.45) is 7.05 Å². The van der Waals surface area contributed by atoms with E-state index in [0.29, 0.717) is 5.02 Å². The van der Waals surface area contributed by atoms with Gasteiger partial charge in [0.1, 0.15) is 5.75 Å². The maximum Gasteiger partial charge on any atom is 0.118 e. The molecule has 0 aliphatic heterocycles. The first-order valence-corrected chi connectivity index (χ1v) is 6.93. The van der Waals surface area contributed by atoms with E-state index in [0.717, 1.165) is 33.5 Å². The van der Waals surface area contributed by atoms with Crippen molar-refractivity contribution >= 4 is 28.1 Å². The lowest BCUT2D eigenvalue weighted by molar-refractivity contribution is 0.415. The van der Waals surface area contributed by atoms with Crippen LogP contribution in [0.15, 0.2) is 49.3 Å². The average molecular weight is 299 g/mol. The van der Waals surface area contributed by atoms with E-state index < -0.39 is 0 Å². The summed E-state index contributed by atoms with van der Waals surface area (Å²) in [4.78, 5) is 4.14. The summed E-state index contributed by atoms with van der Waals surface area (Å²) in [5.41, 5.74) is 3.84. The van der Waals surface area contributed by atoms with Gasteiger partial charge in [0, 0.05) is 24.8 Å². The molecule has 1 aromatic carbocycles. The first-order chi connectivity index (χ1) is 10.1. The molecule has 0 saturated carbocycles. The lowest BCUT2D eigenvalue weighted by Crippen LogP contribution is -1.97. The van der Waals surface area contributed by atoms with Crippen LogP contribution in [0, 0.1) is 0 Å². The van der Waals surface area contributed by atoms with Crippen LogP contribution < -0.4 is 4.74 Å². The summed E-state index contributed by atoms with van der Waals surface area (Å²) in [6, 6.07) is 9.74. The second kappa shape index (κ2) is 5.26. The number of hydrogen-bond acceptors (Lipinski definition) is 2. The monoisotopic (exact) mass is 298 g/mol. The zero-order valence-electron chi connectivity index (χ0n) is 11.9. The molecule has 0 atom stereocenters. The van der Waals surface area contributed by atoms with Gasteiger partial charge in [-0.3, -0.25) is 4.98 Å². The van der Waals surface area contributed by atoms with Crippen molar-refractivity contribution in [3.05, 3.63) is 65.6 Å². The number of methoxy groups -OCH3 is 1. The summed E-state index contributed by atoms with van der Waals surface area (Å²) in [5.74, 6) is 0.818. The normalized spacial score (nSPS) is 10.8. The maximum absolute atomic E-state index is 6.52. The Labute approximate surface area is 128 Å². The number of pyridine rings is 1. The Morgan fingerprint density at radius 3 is 2.57 bits per heavy atom. The second-order valence-electron chi connectivity index (χ2n) is 4.82. The number of nitrogens with zero attached hydrogens (tertiary/aromatic N) is 2. The van der Waals surface area contributed by atoms with Crippen LogP contribution in [0.5, 0.6) is 5.75 Å². The van der Waals surface area contributed by atoms with Gasteiger partial charge in [-0.05, 0) is 29.3 Å². The van der Waals surface area contributed by atoms with Crippen LogP contribution in [0.25, 0.3) is 16.5 Å². The molecule has 0 fully saturated rings. The van der Waals surface area contributed by atoms with Crippen molar-refractivity contribution in [2.75, 3.05) is 7.11 Å². The highest BCUT2D eigenvalue weighted by atomic mass is 35.5. The van der Waals surface area contributed by atoms with Gasteiger partial charge in [0.15, 0.2) is 0 Å². The molecule has 0 aliphatic rings. The third kappa shape index (κ3) is 2.20. The molecule has 21 heavy (non-hydrogen) atoms. The van der Waals surface area contributed by atoms with Crippen LogP contribution in [0.3, 0.4) is 0 Å². The summed E-state index contributed by atoms with van der Waals surface area (Å²) in [6.45, 7) is 4.20. The van der Waals surface area contributed by atoms with Gasteiger partial charge < -0.3 is 9.30 Å². The first-order valence-electron chi connectivity index (χ1n) is 6.55. The molecule has 0 unspecified atom stereocenters. The van der Waals surface area contributed by atoms with Crippen molar-refractivity contribution in [2.45, 2.75) is 0 Å². The van der Waals surface area contributed by atoms with Gasteiger partial charge in [-0.25, -0.2) is 0 Å². The molecule has 106 valence electrons. The number of halogens is 1. The third-order valence-corrected chi connectivity index (χ3v) is 4.05.